The second-order valence-corrected chi connectivity index (χ2v) is 4.48. The van der Waals surface area contributed by atoms with Gasteiger partial charge in [-0.2, -0.15) is 4.98 Å². The van der Waals surface area contributed by atoms with Crippen LogP contribution in [0.15, 0.2) is 28.8 Å². The lowest BCUT2D eigenvalue weighted by molar-refractivity contribution is 0.110. The zero-order valence-electron chi connectivity index (χ0n) is 9.97. The Morgan fingerprint density at radius 2 is 2.06 bits per heavy atom. The van der Waals surface area contributed by atoms with Gasteiger partial charge in [0, 0.05) is 12.8 Å². The summed E-state index contributed by atoms with van der Waals surface area (Å²) in [5.74, 6) is 1.17. The fourth-order valence-electron chi connectivity index (χ4n) is 2.20. The molecular weight excluding hydrogens is 235 g/mol. The van der Waals surface area contributed by atoms with E-state index >= 15 is 0 Å². The van der Waals surface area contributed by atoms with Crippen LogP contribution in [-0.4, -0.2) is 16.7 Å². The van der Waals surface area contributed by atoms with Crippen molar-refractivity contribution < 1.29 is 13.7 Å². The number of rotatable bonds is 2. The SMILES string of the molecule is Cc1nc([C@@H]2CO[C@@H](c3ccc(F)cc3)C2)no1. The van der Waals surface area contributed by atoms with E-state index < -0.39 is 0 Å². The molecule has 0 N–H and O–H groups in total. The number of hydrogen-bond acceptors (Lipinski definition) is 4. The summed E-state index contributed by atoms with van der Waals surface area (Å²) in [6.07, 6.45) is 0.777. The minimum atomic E-state index is -0.234. The highest BCUT2D eigenvalue weighted by Gasteiger charge is 2.30. The van der Waals surface area contributed by atoms with E-state index in [1.165, 1.54) is 12.1 Å². The molecule has 2 heterocycles. The Morgan fingerprint density at radius 1 is 1.28 bits per heavy atom. The summed E-state index contributed by atoms with van der Waals surface area (Å²) < 4.78 is 23.5. The maximum Gasteiger partial charge on any atom is 0.223 e. The van der Waals surface area contributed by atoms with E-state index in [-0.39, 0.29) is 17.8 Å². The minimum Gasteiger partial charge on any atom is -0.373 e. The highest BCUT2D eigenvalue weighted by Crippen LogP contribution is 2.36. The van der Waals surface area contributed by atoms with Crippen LogP contribution in [0.5, 0.6) is 0 Å². The summed E-state index contributed by atoms with van der Waals surface area (Å²) in [6, 6.07) is 6.41. The van der Waals surface area contributed by atoms with Crippen molar-refractivity contribution in [1.82, 2.24) is 10.1 Å². The predicted octanol–water partition coefficient (Wildman–Crippen LogP) is 2.76. The van der Waals surface area contributed by atoms with E-state index in [1.54, 1.807) is 19.1 Å². The molecule has 1 aliphatic heterocycles. The molecule has 4 nitrogen and oxygen atoms in total. The Morgan fingerprint density at radius 3 is 2.72 bits per heavy atom. The van der Waals surface area contributed by atoms with Gasteiger partial charge in [-0.1, -0.05) is 17.3 Å². The van der Waals surface area contributed by atoms with E-state index in [2.05, 4.69) is 10.1 Å². The smallest absolute Gasteiger partial charge is 0.223 e. The van der Waals surface area contributed by atoms with Crippen molar-refractivity contribution in [1.29, 1.82) is 0 Å². The molecule has 1 fully saturated rings. The first kappa shape index (κ1) is 11.3. The summed E-state index contributed by atoms with van der Waals surface area (Å²) in [7, 11) is 0. The third kappa shape index (κ3) is 2.13. The molecule has 1 aromatic heterocycles. The molecule has 0 saturated carbocycles. The fourth-order valence-corrected chi connectivity index (χ4v) is 2.20. The molecule has 1 aliphatic rings. The molecule has 2 aromatic rings. The molecule has 0 aliphatic carbocycles. The lowest BCUT2D eigenvalue weighted by Gasteiger charge is -2.08. The summed E-state index contributed by atoms with van der Waals surface area (Å²) in [4.78, 5) is 4.22. The standard InChI is InChI=1S/C13H13FN2O2/c1-8-15-13(16-18-8)10-6-12(17-7-10)9-2-4-11(14)5-3-9/h2-5,10,12H,6-7H2,1H3/t10-,12+/m0/s1. The Balaban J connectivity index is 1.73. The van der Waals surface area contributed by atoms with Gasteiger partial charge in [-0.05, 0) is 24.1 Å². The molecule has 1 saturated heterocycles. The van der Waals surface area contributed by atoms with Gasteiger partial charge in [0.15, 0.2) is 5.82 Å². The molecule has 0 radical (unpaired) electrons. The lowest BCUT2D eigenvalue weighted by Crippen LogP contribution is -1.99. The van der Waals surface area contributed by atoms with Gasteiger partial charge in [0.05, 0.1) is 12.7 Å². The van der Waals surface area contributed by atoms with E-state index in [0.717, 1.165) is 12.0 Å². The summed E-state index contributed by atoms with van der Waals surface area (Å²) in [5, 5.41) is 3.91. The molecule has 0 bridgehead atoms. The van der Waals surface area contributed by atoms with E-state index in [9.17, 15) is 4.39 Å². The Labute approximate surface area is 104 Å². The molecule has 0 spiro atoms. The number of halogens is 1. The Hall–Kier alpha value is -1.75. The van der Waals surface area contributed by atoms with Crippen molar-refractivity contribution in [3.63, 3.8) is 0 Å². The number of aromatic nitrogens is 2. The van der Waals surface area contributed by atoms with Gasteiger partial charge < -0.3 is 9.26 Å². The van der Waals surface area contributed by atoms with Gasteiger partial charge in [0.1, 0.15) is 5.82 Å². The van der Waals surface area contributed by atoms with Gasteiger partial charge in [0.25, 0.3) is 0 Å². The number of benzene rings is 1. The zero-order chi connectivity index (χ0) is 12.5. The van der Waals surface area contributed by atoms with Crippen LogP contribution in [0.25, 0.3) is 0 Å². The van der Waals surface area contributed by atoms with Crippen molar-refractivity contribution in [3.8, 4) is 0 Å². The van der Waals surface area contributed by atoms with Crippen LogP contribution in [0.2, 0.25) is 0 Å². The van der Waals surface area contributed by atoms with Crippen LogP contribution in [0.1, 0.15) is 35.7 Å². The molecule has 1 aromatic carbocycles. The second kappa shape index (κ2) is 4.49. The summed E-state index contributed by atoms with van der Waals surface area (Å²) in [5.41, 5.74) is 0.985. The Kier molecular flexibility index (Phi) is 2.83. The van der Waals surface area contributed by atoms with Crippen LogP contribution in [-0.2, 0) is 4.74 Å². The first-order valence-corrected chi connectivity index (χ1v) is 5.89. The minimum absolute atomic E-state index is 0.0191. The van der Waals surface area contributed by atoms with Crippen molar-refractivity contribution >= 4 is 0 Å². The highest BCUT2D eigenvalue weighted by atomic mass is 19.1. The van der Waals surface area contributed by atoms with Gasteiger partial charge in [-0.25, -0.2) is 4.39 Å². The molecule has 5 heteroatoms. The van der Waals surface area contributed by atoms with Gasteiger partial charge >= 0.3 is 0 Å². The normalized spacial score (nSPS) is 23.4. The van der Waals surface area contributed by atoms with E-state index in [0.29, 0.717) is 18.3 Å². The molecular formula is C13H13FN2O2. The van der Waals surface area contributed by atoms with Crippen LogP contribution in [0, 0.1) is 12.7 Å². The second-order valence-electron chi connectivity index (χ2n) is 4.48. The number of ether oxygens (including phenoxy) is 1. The van der Waals surface area contributed by atoms with Gasteiger partial charge in [-0.3, -0.25) is 0 Å². The number of nitrogens with zero attached hydrogens (tertiary/aromatic N) is 2. The predicted molar refractivity (Wildman–Crippen MR) is 61.5 cm³/mol. The topological polar surface area (TPSA) is 48.2 Å². The van der Waals surface area contributed by atoms with Gasteiger partial charge in [0.2, 0.25) is 5.89 Å². The van der Waals surface area contributed by atoms with E-state index in [1.807, 2.05) is 0 Å². The van der Waals surface area contributed by atoms with Crippen LogP contribution in [0.3, 0.4) is 0 Å². The first-order chi connectivity index (χ1) is 8.72. The molecule has 0 amide bonds. The number of aryl methyl sites for hydroxylation is 1. The maximum absolute atomic E-state index is 12.8. The molecule has 2 atom stereocenters. The Bertz CT molecular complexity index is 538. The monoisotopic (exact) mass is 248 g/mol. The van der Waals surface area contributed by atoms with Crippen LogP contribution < -0.4 is 0 Å². The summed E-state index contributed by atoms with van der Waals surface area (Å²) in [6.45, 7) is 2.34. The van der Waals surface area contributed by atoms with Crippen LogP contribution >= 0.6 is 0 Å². The quantitative estimate of drug-likeness (QED) is 0.819. The average Bonchev–Trinajstić information content (AvgIpc) is 2.98. The number of hydrogen-bond donors (Lipinski definition) is 0. The van der Waals surface area contributed by atoms with Crippen molar-refractivity contribution in [3.05, 3.63) is 47.4 Å². The highest BCUT2D eigenvalue weighted by molar-refractivity contribution is 5.20. The van der Waals surface area contributed by atoms with Gasteiger partial charge in [-0.15, -0.1) is 0 Å². The third-order valence-electron chi connectivity index (χ3n) is 3.15. The van der Waals surface area contributed by atoms with E-state index in [4.69, 9.17) is 9.26 Å². The fraction of sp³-hybridized carbons (Fsp3) is 0.385. The summed E-state index contributed by atoms with van der Waals surface area (Å²) >= 11 is 0. The van der Waals surface area contributed by atoms with Crippen molar-refractivity contribution in [2.24, 2.45) is 0 Å². The van der Waals surface area contributed by atoms with Crippen molar-refractivity contribution in [2.45, 2.75) is 25.4 Å². The third-order valence-corrected chi connectivity index (χ3v) is 3.15. The lowest BCUT2D eigenvalue weighted by atomic mass is 10.00. The average molecular weight is 248 g/mol. The molecule has 94 valence electrons. The maximum atomic E-state index is 12.8. The molecule has 3 rings (SSSR count). The van der Waals surface area contributed by atoms with Crippen LogP contribution in [0.4, 0.5) is 4.39 Å². The largest absolute Gasteiger partial charge is 0.373 e. The molecule has 0 unspecified atom stereocenters. The molecule has 18 heavy (non-hydrogen) atoms. The first-order valence-electron chi connectivity index (χ1n) is 5.89. The zero-order valence-corrected chi connectivity index (χ0v) is 9.97. The van der Waals surface area contributed by atoms with Crippen molar-refractivity contribution in [2.75, 3.05) is 6.61 Å².